The molecular weight excluding hydrogens is 224 g/mol. The number of likely N-dealkylation sites (tertiary alicyclic amines) is 1. The molecule has 0 radical (unpaired) electrons. The van der Waals surface area contributed by atoms with Crippen molar-refractivity contribution in [3.8, 4) is 0 Å². The lowest BCUT2D eigenvalue weighted by molar-refractivity contribution is -0.120. The molecule has 2 atom stereocenters. The molecule has 3 heteroatoms. The standard InChI is InChI=1S/C15H28N2O/c1-3-5-14-8-15(16-12(2)18)11-17(10-14)9-13-6-4-7-13/h13-15H,3-11H2,1-2H3,(H,16,18). The van der Waals surface area contributed by atoms with Gasteiger partial charge in [0, 0.05) is 32.6 Å². The molecule has 3 nitrogen and oxygen atoms in total. The van der Waals surface area contributed by atoms with Crippen LogP contribution in [0.4, 0.5) is 0 Å². The van der Waals surface area contributed by atoms with Gasteiger partial charge in [-0.25, -0.2) is 0 Å². The molecule has 104 valence electrons. The number of amides is 1. The smallest absolute Gasteiger partial charge is 0.217 e. The Morgan fingerprint density at radius 2 is 2.06 bits per heavy atom. The van der Waals surface area contributed by atoms with Gasteiger partial charge in [-0.3, -0.25) is 4.79 Å². The molecule has 1 amide bonds. The van der Waals surface area contributed by atoms with Crippen LogP contribution in [0.5, 0.6) is 0 Å². The molecule has 18 heavy (non-hydrogen) atoms. The number of nitrogens with one attached hydrogen (secondary N) is 1. The minimum Gasteiger partial charge on any atom is -0.352 e. The van der Waals surface area contributed by atoms with Crippen molar-refractivity contribution in [2.24, 2.45) is 11.8 Å². The first kappa shape index (κ1) is 13.9. The molecular formula is C15H28N2O. The van der Waals surface area contributed by atoms with Crippen molar-refractivity contribution in [1.29, 1.82) is 0 Å². The van der Waals surface area contributed by atoms with E-state index >= 15 is 0 Å². The fourth-order valence-electron chi connectivity index (χ4n) is 3.50. The number of nitrogens with zero attached hydrogens (tertiary/aromatic N) is 1. The largest absolute Gasteiger partial charge is 0.352 e. The molecule has 2 fully saturated rings. The zero-order valence-electron chi connectivity index (χ0n) is 12.0. The third-order valence-corrected chi connectivity index (χ3v) is 4.46. The van der Waals surface area contributed by atoms with Crippen molar-refractivity contribution >= 4 is 5.91 Å². The minimum atomic E-state index is 0.126. The Morgan fingerprint density at radius 1 is 1.28 bits per heavy atom. The normalized spacial score (nSPS) is 29.9. The maximum absolute atomic E-state index is 11.2. The van der Waals surface area contributed by atoms with Crippen LogP contribution >= 0.6 is 0 Å². The van der Waals surface area contributed by atoms with Gasteiger partial charge in [0.1, 0.15) is 0 Å². The van der Waals surface area contributed by atoms with Crippen LogP contribution in [0.3, 0.4) is 0 Å². The predicted octanol–water partition coefficient (Wildman–Crippen LogP) is 2.41. The predicted molar refractivity (Wildman–Crippen MR) is 74.4 cm³/mol. The zero-order valence-corrected chi connectivity index (χ0v) is 12.0. The van der Waals surface area contributed by atoms with E-state index in [2.05, 4.69) is 17.1 Å². The van der Waals surface area contributed by atoms with E-state index < -0.39 is 0 Å². The highest BCUT2D eigenvalue weighted by molar-refractivity contribution is 5.73. The van der Waals surface area contributed by atoms with E-state index in [1.54, 1.807) is 6.92 Å². The first-order valence-electron chi connectivity index (χ1n) is 7.66. The Labute approximate surface area is 111 Å². The van der Waals surface area contributed by atoms with E-state index in [0.29, 0.717) is 6.04 Å². The lowest BCUT2D eigenvalue weighted by Crippen LogP contribution is -2.51. The number of carbonyl (C=O) groups is 1. The van der Waals surface area contributed by atoms with E-state index in [9.17, 15) is 4.79 Å². The first-order valence-corrected chi connectivity index (χ1v) is 7.66. The lowest BCUT2D eigenvalue weighted by atomic mass is 9.83. The highest BCUT2D eigenvalue weighted by atomic mass is 16.1. The van der Waals surface area contributed by atoms with E-state index in [-0.39, 0.29) is 5.91 Å². The third kappa shape index (κ3) is 3.98. The van der Waals surface area contributed by atoms with Crippen LogP contribution in [0.25, 0.3) is 0 Å². The van der Waals surface area contributed by atoms with Crippen LogP contribution in [0.15, 0.2) is 0 Å². The summed E-state index contributed by atoms with van der Waals surface area (Å²) >= 11 is 0. The van der Waals surface area contributed by atoms with Gasteiger partial charge in [0.15, 0.2) is 0 Å². The molecule has 0 aromatic rings. The Hall–Kier alpha value is -0.570. The summed E-state index contributed by atoms with van der Waals surface area (Å²) in [5.41, 5.74) is 0. The van der Waals surface area contributed by atoms with E-state index in [1.807, 2.05) is 0 Å². The Kier molecular flexibility index (Phi) is 5.04. The second-order valence-electron chi connectivity index (χ2n) is 6.30. The second kappa shape index (κ2) is 6.55. The van der Waals surface area contributed by atoms with Gasteiger partial charge < -0.3 is 10.2 Å². The highest BCUT2D eigenvalue weighted by Gasteiger charge is 2.29. The van der Waals surface area contributed by atoms with E-state index in [4.69, 9.17) is 0 Å². The summed E-state index contributed by atoms with van der Waals surface area (Å²) in [4.78, 5) is 13.8. The molecule has 0 spiro atoms. The van der Waals surface area contributed by atoms with Gasteiger partial charge in [-0.15, -0.1) is 0 Å². The summed E-state index contributed by atoms with van der Waals surface area (Å²) in [5.74, 6) is 1.84. The molecule has 1 saturated carbocycles. The van der Waals surface area contributed by atoms with Gasteiger partial charge in [-0.1, -0.05) is 19.8 Å². The summed E-state index contributed by atoms with van der Waals surface area (Å²) < 4.78 is 0. The summed E-state index contributed by atoms with van der Waals surface area (Å²) in [5, 5.41) is 3.13. The van der Waals surface area contributed by atoms with Gasteiger partial charge >= 0.3 is 0 Å². The highest BCUT2D eigenvalue weighted by Crippen LogP contribution is 2.29. The number of piperidine rings is 1. The molecule has 1 aliphatic carbocycles. The zero-order chi connectivity index (χ0) is 13.0. The third-order valence-electron chi connectivity index (χ3n) is 4.46. The molecule has 1 heterocycles. The topological polar surface area (TPSA) is 32.3 Å². The van der Waals surface area contributed by atoms with Crippen molar-refractivity contribution in [3.63, 3.8) is 0 Å². The van der Waals surface area contributed by atoms with Gasteiger partial charge in [-0.2, -0.15) is 0 Å². The summed E-state index contributed by atoms with van der Waals surface area (Å²) in [7, 11) is 0. The van der Waals surface area contributed by atoms with Gasteiger partial charge in [0.05, 0.1) is 0 Å². The summed E-state index contributed by atoms with van der Waals surface area (Å²) in [6.07, 6.45) is 7.99. The van der Waals surface area contributed by atoms with Crippen molar-refractivity contribution in [1.82, 2.24) is 10.2 Å². The first-order chi connectivity index (χ1) is 8.67. The lowest BCUT2D eigenvalue weighted by Gasteiger charge is -2.41. The van der Waals surface area contributed by atoms with Crippen LogP contribution in [0, 0.1) is 11.8 Å². The molecule has 1 saturated heterocycles. The Bertz CT molecular complexity index is 276. The maximum atomic E-state index is 11.2. The molecule has 2 aliphatic rings. The number of hydrogen-bond donors (Lipinski definition) is 1. The SMILES string of the molecule is CCCC1CC(NC(C)=O)CN(CC2CCC2)C1. The quantitative estimate of drug-likeness (QED) is 0.815. The van der Waals surface area contributed by atoms with E-state index in [0.717, 1.165) is 18.4 Å². The Balaban J connectivity index is 1.85. The van der Waals surface area contributed by atoms with Gasteiger partial charge in [-0.05, 0) is 37.5 Å². The number of hydrogen-bond acceptors (Lipinski definition) is 2. The monoisotopic (exact) mass is 252 g/mol. The van der Waals surface area contributed by atoms with Crippen molar-refractivity contribution in [2.75, 3.05) is 19.6 Å². The number of carbonyl (C=O) groups excluding carboxylic acids is 1. The molecule has 0 aromatic heterocycles. The van der Waals surface area contributed by atoms with Gasteiger partial charge in [0.25, 0.3) is 0 Å². The van der Waals surface area contributed by atoms with Crippen LogP contribution < -0.4 is 5.32 Å². The molecule has 1 aliphatic heterocycles. The number of rotatable bonds is 5. The fraction of sp³-hybridized carbons (Fsp3) is 0.933. The molecule has 0 aromatic carbocycles. The van der Waals surface area contributed by atoms with Crippen molar-refractivity contribution in [3.05, 3.63) is 0 Å². The van der Waals surface area contributed by atoms with Gasteiger partial charge in [0.2, 0.25) is 5.91 Å². The second-order valence-corrected chi connectivity index (χ2v) is 6.30. The van der Waals surface area contributed by atoms with Crippen molar-refractivity contribution in [2.45, 2.75) is 58.4 Å². The van der Waals surface area contributed by atoms with Crippen LogP contribution in [0.1, 0.15) is 52.4 Å². The average Bonchev–Trinajstić information content (AvgIpc) is 2.23. The summed E-state index contributed by atoms with van der Waals surface area (Å²) in [6, 6.07) is 0.382. The molecule has 0 bridgehead atoms. The molecule has 2 rings (SSSR count). The minimum absolute atomic E-state index is 0.126. The molecule has 2 unspecified atom stereocenters. The maximum Gasteiger partial charge on any atom is 0.217 e. The van der Waals surface area contributed by atoms with Crippen LogP contribution in [-0.2, 0) is 4.79 Å². The summed E-state index contributed by atoms with van der Waals surface area (Å²) in [6.45, 7) is 7.48. The van der Waals surface area contributed by atoms with E-state index in [1.165, 1.54) is 51.6 Å². The van der Waals surface area contributed by atoms with Crippen LogP contribution in [0.2, 0.25) is 0 Å². The van der Waals surface area contributed by atoms with Crippen LogP contribution in [-0.4, -0.2) is 36.5 Å². The molecule has 1 N–H and O–H groups in total. The Morgan fingerprint density at radius 3 is 2.61 bits per heavy atom. The van der Waals surface area contributed by atoms with Crippen molar-refractivity contribution < 1.29 is 4.79 Å². The fourth-order valence-corrected chi connectivity index (χ4v) is 3.50. The average molecular weight is 252 g/mol.